The summed E-state index contributed by atoms with van der Waals surface area (Å²) in [6, 6.07) is 0. The average Bonchev–Trinajstić information content (AvgIpc) is 3.07. The summed E-state index contributed by atoms with van der Waals surface area (Å²) in [5.74, 6) is 1.31. The highest BCUT2D eigenvalue weighted by Crippen LogP contribution is 2.20. The van der Waals surface area contributed by atoms with Gasteiger partial charge in [-0.25, -0.2) is 4.98 Å². The minimum absolute atomic E-state index is 0.483. The molecule has 0 radical (unpaired) electrons. The molecule has 0 amide bonds. The van der Waals surface area contributed by atoms with Crippen molar-refractivity contribution >= 4 is 17.3 Å². The zero-order valence-corrected chi connectivity index (χ0v) is 16.1. The van der Waals surface area contributed by atoms with Gasteiger partial charge in [-0.3, -0.25) is 4.99 Å². The number of nitrogens with zero attached hydrogens (tertiary/aromatic N) is 2. The van der Waals surface area contributed by atoms with Crippen LogP contribution >= 0.6 is 11.3 Å². The number of nitrogens with one attached hydrogen (secondary N) is 2. The molecule has 1 saturated carbocycles. The standard InChI is InChI=1S/C18H32N4OS/c1-14(2)16-13-24-17(22-16)12-21-18(19-3)20-10-7-11-23-15-8-5-4-6-9-15/h13-15H,4-12H2,1-3H3,(H2,19,20,21). The number of hydrogen-bond acceptors (Lipinski definition) is 4. The predicted octanol–water partition coefficient (Wildman–Crippen LogP) is 3.67. The zero-order chi connectivity index (χ0) is 17.2. The highest BCUT2D eigenvalue weighted by Gasteiger charge is 2.13. The zero-order valence-electron chi connectivity index (χ0n) is 15.3. The first-order chi connectivity index (χ1) is 11.7. The number of guanidine groups is 1. The van der Waals surface area contributed by atoms with Gasteiger partial charge in [0, 0.05) is 25.6 Å². The van der Waals surface area contributed by atoms with Crippen LogP contribution in [-0.4, -0.2) is 37.2 Å². The quantitative estimate of drug-likeness (QED) is 0.426. The fourth-order valence-corrected chi connectivity index (χ4v) is 3.71. The van der Waals surface area contributed by atoms with Crippen LogP contribution < -0.4 is 10.6 Å². The second-order valence-electron chi connectivity index (χ2n) is 6.66. The van der Waals surface area contributed by atoms with Crippen molar-refractivity contribution < 1.29 is 4.74 Å². The van der Waals surface area contributed by atoms with Crippen LogP contribution in [0.25, 0.3) is 0 Å². The van der Waals surface area contributed by atoms with Crippen molar-refractivity contribution in [3.05, 3.63) is 16.1 Å². The monoisotopic (exact) mass is 352 g/mol. The van der Waals surface area contributed by atoms with E-state index in [-0.39, 0.29) is 0 Å². The number of aliphatic imine (C=N–C) groups is 1. The Balaban J connectivity index is 1.58. The van der Waals surface area contributed by atoms with Crippen LogP contribution in [0, 0.1) is 0 Å². The maximum Gasteiger partial charge on any atom is 0.191 e. The van der Waals surface area contributed by atoms with E-state index < -0.39 is 0 Å². The fourth-order valence-electron chi connectivity index (χ4n) is 2.81. The first-order valence-electron chi connectivity index (χ1n) is 9.19. The van der Waals surface area contributed by atoms with E-state index >= 15 is 0 Å². The van der Waals surface area contributed by atoms with Gasteiger partial charge < -0.3 is 15.4 Å². The number of aromatic nitrogens is 1. The molecule has 1 aromatic heterocycles. The lowest BCUT2D eigenvalue weighted by molar-refractivity contribution is 0.0277. The number of rotatable bonds is 8. The molecule has 0 saturated heterocycles. The van der Waals surface area contributed by atoms with E-state index in [1.54, 1.807) is 18.4 Å². The minimum Gasteiger partial charge on any atom is -0.378 e. The van der Waals surface area contributed by atoms with E-state index in [0.717, 1.165) is 37.1 Å². The van der Waals surface area contributed by atoms with E-state index in [9.17, 15) is 0 Å². The third-order valence-corrected chi connectivity index (χ3v) is 5.18. The van der Waals surface area contributed by atoms with Gasteiger partial charge in [0.25, 0.3) is 0 Å². The molecule has 0 atom stereocenters. The molecule has 5 nitrogen and oxygen atoms in total. The summed E-state index contributed by atoms with van der Waals surface area (Å²) >= 11 is 1.70. The molecule has 0 aliphatic heterocycles. The first-order valence-corrected chi connectivity index (χ1v) is 10.1. The summed E-state index contributed by atoms with van der Waals surface area (Å²) in [6.45, 7) is 6.76. The van der Waals surface area contributed by atoms with E-state index in [1.165, 1.54) is 37.8 Å². The Hall–Kier alpha value is -1.14. The van der Waals surface area contributed by atoms with Gasteiger partial charge in [0.05, 0.1) is 18.3 Å². The summed E-state index contributed by atoms with van der Waals surface area (Å²) in [7, 11) is 1.80. The van der Waals surface area contributed by atoms with Crippen LogP contribution in [0.2, 0.25) is 0 Å². The third kappa shape index (κ3) is 6.77. The van der Waals surface area contributed by atoms with Gasteiger partial charge in [0.15, 0.2) is 5.96 Å². The molecule has 2 N–H and O–H groups in total. The average molecular weight is 353 g/mol. The van der Waals surface area contributed by atoms with Crippen molar-refractivity contribution in [2.24, 2.45) is 4.99 Å². The molecule has 0 spiro atoms. The summed E-state index contributed by atoms with van der Waals surface area (Å²) in [4.78, 5) is 8.89. The normalized spacial score (nSPS) is 16.6. The molecular formula is C18H32N4OS. The van der Waals surface area contributed by atoms with Crippen molar-refractivity contribution in [1.29, 1.82) is 0 Å². The topological polar surface area (TPSA) is 58.5 Å². The van der Waals surface area contributed by atoms with Crippen molar-refractivity contribution in [1.82, 2.24) is 15.6 Å². The van der Waals surface area contributed by atoms with Gasteiger partial charge in [-0.15, -0.1) is 11.3 Å². The van der Waals surface area contributed by atoms with Gasteiger partial charge >= 0.3 is 0 Å². The van der Waals surface area contributed by atoms with Crippen molar-refractivity contribution in [3.8, 4) is 0 Å². The molecule has 2 rings (SSSR count). The molecular weight excluding hydrogens is 320 g/mol. The molecule has 24 heavy (non-hydrogen) atoms. The van der Waals surface area contributed by atoms with Gasteiger partial charge in [0.1, 0.15) is 5.01 Å². The minimum atomic E-state index is 0.483. The Morgan fingerprint density at radius 2 is 2.12 bits per heavy atom. The van der Waals surface area contributed by atoms with E-state index in [1.807, 2.05) is 0 Å². The highest BCUT2D eigenvalue weighted by atomic mass is 32.1. The fraction of sp³-hybridized carbons (Fsp3) is 0.778. The van der Waals surface area contributed by atoms with E-state index in [0.29, 0.717) is 12.0 Å². The van der Waals surface area contributed by atoms with E-state index in [4.69, 9.17) is 4.74 Å². The molecule has 1 aliphatic rings. The Bertz CT molecular complexity index is 495. The molecule has 6 heteroatoms. The van der Waals surface area contributed by atoms with Crippen molar-refractivity contribution in [2.75, 3.05) is 20.2 Å². The van der Waals surface area contributed by atoms with Crippen LogP contribution in [0.1, 0.15) is 69.0 Å². The highest BCUT2D eigenvalue weighted by molar-refractivity contribution is 7.09. The van der Waals surface area contributed by atoms with Crippen LogP contribution in [0.3, 0.4) is 0 Å². The number of thiazole rings is 1. The maximum atomic E-state index is 5.94. The second-order valence-corrected chi connectivity index (χ2v) is 7.60. The Morgan fingerprint density at radius 3 is 2.79 bits per heavy atom. The molecule has 0 bridgehead atoms. The third-order valence-electron chi connectivity index (χ3n) is 4.31. The molecule has 0 unspecified atom stereocenters. The van der Waals surface area contributed by atoms with Crippen LogP contribution in [0.15, 0.2) is 10.4 Å². The lowest BCUT2D eigenvalue weighted by Gasteiger charge is -2.22. The smallest absolute Gasteiger partial charge is 0.191 e. The molecule has 0 aromatic carbocycles. The first kappa shape index (κ1) is 19.2. The van der Waals surface area contributed by atoms with Gasteiger partial charge in [-0.2, -0.15) is 0 Å². The summed E-state index contributed by atoms with van der Waals surface area (Å²) in [5.41, 5.74) is 1.17. The van der Waals surface area contributed by atoms with Crippen molar-refractivity contribution in [3.63, 3.8) is 0 Å². The van der Waals surface area contributed by atoms with Gasteiger partial charge in [0.2, 0.25) is 0 Å². The van der Waals surface area contributed by atoms with Crippen LogP contribution in [0.4, 0.5) is 0 Å². The molecule has 1 aliphatic carbocycles. The Kier molecular flexibility index (Phi) is 8.53. The summed E-state index contributed by atoms with van der Waals surface area (Å²) < 4.78 is 5.94. The molecule has 1 fully saturated rings. The Labute approximate surface area is 150 Å². The van der Waals surface area contributed by atoms with Crippen LogP contribution in [-0.2, 0) is 11.3 Å². The summed E-state index contributed by atoms with van der Waals surface area (Å²) in [5, 5.41) is 9.91. The maximum absolute atomic E-state index is 5.94. The molecule has 1 aromatic rings. The number of ether oxygens (including phenoxy) is 1. The predicted molar refractivity (Wildman–Crippen MR) is 102 cm³/mol. The number of hydrogen-bond donors (Lipinski definition) is 2. The second kappa shape index (κ2) is 10.7. The largest absolute Gasteiger partial charge is 0.378 e. The molecule has 136 valence electrons. The van der Waals surface area contributed by atoms with E-state index in [2.05, 4.69) is 39.8 Å². The summed E-state index contributed by atoms with van der Waals surface area (Å²) in [6.07, 6.45) is 8.01. The van der Waals surface area contributed by atoms with Crippen LogP contribution in [0.5, 0.6) is 0 Å². The van der Waals surface area contributed by atoms with Gasteiger partial charge in [-0.1, -0.05) is 33.1 Å². The molecule has 1 heterocycles. The van der Waals surface area contributed by atoms with Gasteiger partial charge in [-0.05, 0) is 25.2 Å². The lowest BCUT2D eigenvalue weighted by Crippen LogP contribution is -2.37. The SMILES string of the molecule is CN=C(NCCCOC1CCCCC1)NCc1nc(C(C)C)cs1. The Morgan fingerprint density at radius 1 is 1.33 bits per heavy atom. The van der Waals surface area contributed by atoms with Crippen molar-refractivity contribution in [2.45, 2.75) is 70.9 Å². The lowest BCUT2D eigenvalue weighted by atomic mass is 9.98.